The van der Waals surface area contributed by atoms with Crippen LogP contribution < -0.4 is 0 Å². The molecule has 1 heterocycles. The molecule has 0 saturated heterocycles. The van der Waals surface area contributed by atoms with E-state index in [4.69, 9.17) is 4.42 Å². The molecule has 0 saturated carbocycles. The average Bonchev–Trinajstić information content (AvgIpc) is 2.94. The van der Waals surface area contributed by atoms with Crippen molar-refractivity contribution in [1.82, 2.24) is 4.98 Å². The lowest BCUT2D eigenvalue weighted by molar-refractivity contribution is -0.138. The lowest BCUT2D eigenvalue weighted by Crippen LogP contribution is -2.09. The molecule has 2 aromatic carbocycles. The summed E-state index contributed by atoms with van der Waals surface area (Å²) in [6.45, 7) is 1.56. The van der Waals surface area contributed by atoms with Crippen LogP contribution in [0.3, 0.4) is 0 Å². The second-order valence-corrected chi connectivity index (χ2v) is 4.77. The van der Waals surface area contributed by atoms with E-state index in [0.717, 1.165) is 0 Å². The summed E-state index contributed by atoms with van der Waals surface area (Å²) in [6.07, 6.45) is 1.27. The quantitative estimate of drug-likeness (QED) is 0.794. The Balaban J connectivity index is 2.37. The summed E-state index contributed by atoms with van der Waals surface area (Å²) in [5.41, 5.74) is 2.25. The number of carbonyl (C=O) groups is 1. The number of carboxylic acids is 1. The van der Waals surface area contributed by atoms with Crippen molar-refractivity contribution in [3.05, 3.63) is 54.2 Å². The fourth-order valence-electron chi connectivity index (χ4n) is 2.39. The van der Waals surface area contributed by atoms with Crippen molar-refractivity contribution < 1.29 is 18.7 Å². The highest BCUT2D eigenvalue weighted by atomic mass is 19.1. The number of carboxylic acid groups (broad SMARTS) is 1. The van der Waals surface area contributed by atoms with Crippen molar-refractivity contribution in [3.8, 4) is 11.1 Å². The Bertz CT molecular complexity index is 825. The second-order valence-electron chi connectivity index (χ2n) is 4.77. The van der Waals surface area contributed by atoms with Crippen molar-refractivity contribution >= 4 is 17.1 Å². The monoisotopic (exact) mass is 285 g/mol. The third-order valence-corrected chi connectivity index (χ3v) is 3.51. The maximum atomic E-state index is 14.1. The summed E-state index contributed by atoms with van der Waals surface area (Å²) < 4.78 is 19.4. The van der Waals surface area contributed by atoms with Gasteiger partial charge in [0.2, 0.25) is 0 Å². The molecule has 0 aliphatic heterocycles. The summed E-state index contributed by atoms with van der Waals surface area (Å²) in [4.78, 5) is 15.4. The molecule has 1 N–H and O–H groups in total. The molecule has 1 atom stereocenters. The minimum Gasteiger partial charge on any atom is -0.481 e. The van der Waals surface area contributed by atoms with Crippen LogP contribution in [0.4, 0.5) is 4.39 Å². The number of oxazole rings is 1. The first-order valence-electron chi connectivity index (χ1n) is 6.43. The summed E-state index contributed by atoms with van der Waals surface area (Å²) in [6, 6.07) is 9.53. The molecule has 0 amide bonds. The van der Waals surface area contributed by atoms with E-state index in [1.807, 2.05) is 0 Å². The van der Waals surface area contributed by atoms with Crippen molar-refractivity contribution in [3.63, 3.8) is 0 Å². The van der Waals surface area contributed by atoms with Crippen LogP contribution in [0, 0.1) is 5.82 Å². The highest BCUT2D eigenvalue weighted by Crippen LogP contribution is 2.36. The number of hydrogen-bond donors (Lipinski definition) is 1. The molecule has 0 aliphatic rings. The number of aliphatic carboxylic acids is 1. The molecular formula is C16H12FNO3. The van der Waals surface area contributed by atoms with Gasteiger partial charge in [-0.15, -0.1) is 0 Å². The van der Waals surface area contributed by atoms with Gasteiger partial charge >= 0.3 is 5.97 Å². The Hall–Kier alpha value is -2.69. The van der Waals surface area contributed by atoms with Crippen LogP contribution in [0.1, 0.15) is 18.4 Å². The Morgan fingerprint density at radius 3 is 2.76 bits per heavy atom. The van der Waals surface area contributed by atoms with Gasteiger partial charge in [0.1, 0.15) is 11.3 Å². The molecule has 0 aliphatic carbocycles. The number of nitrogens with zero attached hydrogens (tertiary/aromatic N) is 1. The summed E-state index contributed by atoms with van der Waals surface area (Å²) in [5.74, 6) is -2.18. The molecule has 3 aromatic rings. The number of hydrogen-bond acceptors (Lipinski definition) is 3. The van der Waals surface area contributed by atoms with Crippen LogP contribution in [0.15, 0.2) is 47.2 Å². The van der Waals surface area contributed by atoms with Gasteiger partial charge in [-0.25, -0.2) is 9.37 Å². The van der Waals surface area contributed by atoms with E-state index in [1.165, 1.54) is 12.5 Å². The summed E-state index contributed by atoms with van der Waals surface area (Å²) >= 11 is 0. The van der Waals surface area contributed by atoms with E-state index in [2.05, 4.69) is 4.98 Å². The Morgan fingerprint density at radius 2 is 2.05 bits per heavy atom. The van der Waals surface area contributed by atoms with Crippen LogP contribution in [-0.4, -0.2) is 16.1 Å². The van der Waals surface area contributed by atoms with Crippen LogP contribution in [0.25, 0.3) is 22.2 Å². The van der Waals surface area contributed by atoms with E-state index in [-0.39, 0.29) is 0 Å². The first kappa shape index (κ1) is 13.3. The molecular weight excluding hydrogens is 273 g/mol. The largest absolute Gasteiger partial charge is 0.481 e. The number of halogens is 1. The third kappa shape index (κ3) is 2.16. The lowest BCUT2D eigenvalue weighted by atomic mass is 9.90. The molecule has 0 fully saturated rings. The van der Waals surface area contributed by atoms with Crippen LogP contribution in [0.2, 0.25) is 0 Å². The van der Waals surface area contributed by atoms with Gasteiger partial charge in [0.25, 0.3) is 0 Å². The summed E-state index contributed by atoms with van der Waals surface area (Å²) in [5, 5.41) is 9.26. The first-order chi connectivity index (χ1) is 10.1. The highest BCUT2D eigenvalue weighted by Gasteiger charge is 2.23. The van der Waals surface area contributed by atoms with Gasteiger partial charge in [0.15, 0.2) is 12.0 Å². The predicted octanol–water partition coefficient (Wildman–Crippen LogP) is 3.82. The minimum atomic E-state index is -0.976. The molecule has 106 valence electrons. The van der Waals surface area contributed by atoms with E-state index in [9.17, 15) is 14.3 Å². The Labute approximate surface area is 119 Å². The fourth-order valence-corrected chi connectivity index (χ4v) is 2.39. The van der Waals surface area contributed by atoms with Gasteiger partial charge in [0, 0.05) is 11.1 Å². The Kier molecular flexibility index (Phi) is 3.17. The van der Waals surface area contributed by atoms with Crippen LogP contribution in [0.5, 0.6) is 0 Å². The number of rotatable bonds is 3. The first-order valence-corrected chi connectivity index (χ1v) is 6.43. The average molecular weight is 285 g/mol. The van der Waals surface area contributed by atoms with Gasteiger partial charge in [-0.05, 0) is 24.6 Å². The minimum absolute atomic E-state index is 0.320. The number of fused-ring (bicyclic) bond motifs is 1. The summed E-state index contributed by atoms with van der Waals surface area (Å²) in [7, 11) is 0. The van der Waals surface area contributed by atoms with Crippen molar-refractivity contribution in [2.24, 2.45) is 0 Å². The molecule has 1 aromatic heterocycles. The van der Waals surface area contributed by atoms with Gasteiger partial charge in [-0.1, -0.05) is 24.3 Å². The maximum Gasteiger partial charge on any atom is 0.310 e. The molecule has 4 nitrogen and oxygen atoms in total. The molecule has 0 bridgehead atoms. The van der Waals surface area contributed by atoms with Crippen molar-refractivity contribution in [2.75, 3.05) is 0 Å². The third-order valence-electron chi connectivity index (χ3n) is 3.51. The highest BCUT2D eigenvalue weighted by molar-refractivity contribution is 5.95. The SMILES string of the molecule is CC(C(=O)O)c1ccc2ocnc2c1-c1ccccc1F. The van der Waals surface area contributed by atoms with Gasteiger partial charge in [0.05, 0.1) is 5.92 Å². The fraction of sp³-hybridized carbons (Fsp3) is 0.125. The standard InChI is InChI=1S/C16H12FNO3/c1-9(16(19)20)10-6-7-13-15(18-8-21-13)14(10)11-4-2-3-5-12(11)17/h2-9H,1H3,(H,19,20). The number of aromatic nitrogens is 1. The predicted molar refractivity (Wildman–Crippen MR) is 75.5 cm³/mol. The van der Waals surface area contributed by atoms with E-state index < -0.39 is 17.7 Å². The van der Waals surface area contributed by atoms with Crippen LogP contribution >= 0.6 is 0 Å². The zero-order valence-corrected chi connectivity index (χ0v) is 11.2. The zero-order valence-electron chi connectivity index (χ0n) is 11.2. The molecule has 3 rings (SSSR count). The van der Waals surface area contributed by atoms with Crippen LogP contribution in [-0.2, 0) is 4.79 Å². The molecule has 5 heteroatoms. The molecule has 21 heavy (non-hydrogen) atoms. The number of benzene rings is 2. The molecule has 1 unspecified atom stereocenters. The second kappa shape index (κ2) is 5.01. The van der Waals surface area contributed by atoms with Gasteiger partial charge in [-0.3, -0.25) is 4.79 Å². The maximum absolute atomic E-state index is 14.1. The van der Waals surface area contributed by atoms with Gasteiger partial charge < -0.3 is 9.52 Å². The smallest absolute Gasteiger partial charge is 0.310 e. The van der Waals surface area contributed by atoms with Crippen molar-refractivity contribution in [1.29, 1.82) is 0 Å². The lowest BCUT2D eigenvalue weighted by Gasteiger charge is -2.14. The van der Waals surface area contributed by atoms with E-state index >= 15 is 0 Å². The topological polar surface area (TPSA) is 63.3 Å². The van der Waals surface area contributed by atoms with E-state index in [1.54, 1.807) is 37.3 Å². The Morgan fingerprint density at radius 1 is 1.29 bits per heavy atom. The molecule has 0 spiro atoms. The van der Waals surface area contributed by atoms with Gasteiger partial charge in [-0.2, -0.15) is 0 Å². The van der Waals surface area contributed by atoms with Crippen molar-refractivity contribution in [2.45, 2.75) is 12.8 Å². The molecule has 0 radical (unpaired) electrons. The normalized spacial score (nSPS) is 12.5. The van der Waals surface area contributed by atoms with E-state index in [0.29, 0.717) is 27.8 Å². The zero-order chi connectivity index (χ0) is 15.0.